The number of nitrogens with one attached hydrogen (secondary N) is 1. The van der Waals surface area contributed by atoms with Gasteiger partial charge in [-0.3, -0.25) is 4.79 Å². The maximum Gasteiger partial charge on any atom is 0.276 e. The van der Waals surface area contributed by atoms with Crippen molar-refractivity contribution < 1.29 is 18.7 Å². The van der Waals surface area contributed by atoms with Crippen molar-refractivity contribution in [3.05, 3.63) is 58.8 Å². The molecule has 0 fully saturated rings. The third-order valence-corrected chi connectivity index (χ3v) is 3.79. The standard InChI is InChI=1S/C17H17FN4O3/c1-9-6-12(18)4-5-13(9)22-8-14(23)16(21-22)17(24)19-7-15-20-10(2)11(3)25-15/h4-6,8,23H,7H2,1-3H3,(H,19,24). The van der Waals surface area contributed by atoms with Crippen LogP contribution in [-0.4, -0.2) is 25.8 Å². The van der Waals surface area contributed by atoms with E-state index in [9.17, 15) is 14.3 Å². The van der Waals surface area contributed by atoms with Crippen molar-refractivity contribution in [3.8, 4) is 11.4 Å². The summed E-state index contributed by atoms with van der Waals surface area (Å²) in [5, 5.41) is 16.7. The number of aryl methyl sites for hydroxylation is 3. The van der Waals surface area contributed by atoms with Gasteiger partial charge in [-0.25, -0.2) is 14.1 Å². The van der Waals surface area contributed by atoms with Crippen LogP contribution in [0.25, 0.3) is 5.69 Å². The fourth-order valence-corrected chi connectivity index (χ4v) is 2.38. The van der Waals surface area contributed by atoms with Gasteiger partial charge in [-0.2, -0.15) is 5.10 Å². The van der Waals surface area contributed by atoms with E-state index in [-0.39, 0.29) is 23.8 Å². The van der Waals surface area contributed by atoms with Gasteiger partial charge in [-0.1, -0.05) is 0 Å². The number of amides is 1. The summed E-state index contributed by atoms with van der Waals surface area (Å²) in [4.78, 5) is 16.4. The van der Waals surface area contributed by atoms with E-state index in [2.05, 4.69) is 15.4 Å². The highest BCUT2D eigenvalue weighted by Crippen LogP contribution is 2.21. The van der Waals surface area contributed by atoms with Crippen molar-refractivity contribution in [3.63, 3.8) is 0 Å². The van der Waals surface area contributed by atoms with Crippen molar-refractivity contribution >= 4 is 5.91 Å². The molecule has 130 valence electrons. The van der Waals surface area contributed by atoms with E-state index in [4.69, 9.17) is 4.42 Å². The van der Waals surface area contributed by atoms with E-state index >= 15 is 0 Å². The molecule has 1 aromatic carbocycles. The van der Waals surface area contributed by atoms with E-state index in [0.717, 1.165) is 5.69 Å². The lowest BCUT2D eigenvalue weighted by molar-refractivity contribution is 0.0939. The number of aromatic hydroxyl groups is 1. The molecule has 25 heavy (non-hydrogen) atoms. The van der Waals surface area contributed by atoms with Gasteiger partial charge in [0.25, 0.3) is 5.91 Å². The number of hydrogen-bond acceptors (Lipinski definition) is 5. The van der Waals surface area contributed by atoms with Crippen LogP contribution >= 0.6 is 0 Å². The fraction of sp³-hybridized carbons (Fsp3) is 0.235. The second-order valence-corrected chi connectivity index (χ2v) is 5.67. The van der Waals surface area contributed by atoms with E-state index in [0.29, 0.717) is 22.9 Å². The van der Waals surface area contributed by atoms with Gasteiger partial charge in [0, 0.05) is 0 Å². The zero-order chi connectivity index (χ0) is 18.1. The Morgan fingerprint density at radius 2 is 2.12 bits per heavy atom. The fourth-order valence-electron chi connectivity index (χ4n) is 2.38. The Hall–Kier alpha value is -3.16. The Morgan fingerprint density at radius 3 is 2.76 bits per heavy atom. The normalized spacial score (nSPS) is 10.9. The van der Waals surface area contributed by atoms with Gasteiger partial charge in [-0.05, 0) is 44.5 Å². The summed E-state index contributed by atoms with van der Waals surface area (Å²) in [6.45, 7) is 5.38. The average molecular weight is 344 g/mol. The lowest BCUT2D eigenvalue weighted by Crippen LogP contribution is -2.23. The van der Waals surface area contributed by atoms with Crippen LogP contribution in [0.2, 0.25) is 0 Å². The molecule has 0 saturated heterocycles. The second kappa shape index (κ2) is 6.39. The van der Waals surface area contributed by atoms with Crippen LogP contribution in [0.1, 0.15) is 33.4 Å². The molecule has 0 spiro atoms. The number of aromatic nitrogens is 3. The molecule has 0 radical (unpaired) electrons. The molecule has 3 rings (SSSR count). The topological polar surface area (TPSA) is 93.2 Å². The molecule has 8 heteroatoms. The molecule has 7 nitrogen and oxygen atoms in total. The molecule has 0 aliphatic rings. The second-order valence-electron chi connectivity index (χ2n) is 5.67. The smallest absolute Gasteiger partial charge is 0.276 e. The van der Waals surface area contributed by atoms with Gasteiger partial charge < -0.3 is 14.8 Å². The summed E-state index contributed by atoms with van der Waals surface area (Å²) in [5.74, 6) is -0.155. The quantitative estimate of drug-likeness (QED) is 0.759. The monoisotopic (exact) mass is 344 g/mol. The predicted molar refractivity (Wildman–Crippen MR) is 87.1 cm³/mol. The van der Waals surface area contributed by atoms with Crippen molar-refractivity contribution in [2.24, 2.45) is 0 Å². The number of carbonyl (C=O) groups is 1. The summed E-state index contributed by atoms with van der Waals surface area (Å²) in [5.41, 5.74) is 1.81. The molecule has 0 unspecified atom stereocenters. The third-order valence-electron chi connectivity index (χ3n) is 3.79. The number of benzene rings is 1. The molecular formula is C17H17FN4O3. The molecule has 0 aliphatic heterocycles. The van der Waals surface area contributed by atoms with Crippen molar-refractivity contribution in [1.29, 1.82) is 0 Å². The minimum atomic E-state index is -0.565. The Bertz CT molecular complexity index is 926. The van der Waals surface area contributed by atoms with Crippen molar-refractivity contribution in [1.82, 2.24) is 20.1 Å². The molecule has 2 N–H and O–H groups in total. The zero-order valence-corrected chi connectivity index (χ0v) is 14.0. The molecular weight excluding hydrogens is 327 g/mol. The third kappa shape index (κ3) is 3.37. The van der Waals surface area contributed by atoms with Gasteiger partial charge in [0.05, 0.1) is 24.1 Å². The van der Waals surface area contributed by atoms with Crippen LogP contribution < -0.4 is 5.32 Å². The van der Waals surface area contributed by atoms with Crippen LogP contribution in [0.5, 0.6) is 5.75 Å². The number of nitrogens with zero attached hydrogens (tertiary/aromatic N) is 3. The van der Waals surface area contributed by atoms with E-state index in [1.54, 1.807) is 13.8 Å². The molecule has 2 heterocycles. The van der Waals surface area contributed by atoms with E-state index in [1.165, 1.54) is 29.1 Å². The summed E-state index contributed by atoms with van der Waals surface area (Å²) >= 11 is 0. The first-order valence-electron chi connectivity index (χ1n) is 7.61. The largest absolute Gasteiger partial charge is 0.504 e. The van der Waals surface area contributed by atoms with Gasteiger partial charge in [0.15, 0.2) is 11.4 Å². The van der Waals surface area contributed by atoms with Crippen LogP contribution in [0, 0.1) is 26.6 Å². The summed E-state index contributed by atoms with van der Waals surface area (Å²) in [6, 6.07) is 4.16. The van der Waals surface area contributed by atoms with Gasteiger partial charge in [0.2, 0.25) is 5.89 Å². The predicted octanol–water partition coefficient (Wildman–Crippen LogP) is 2.56. The number of oxazole rings is 1. The molecule has 1 amide bonds. The zero-order valence-electron chi connectivity index (χ0n) is 14.0. The minimum Gasteiger partial charge on any atom is -0.504 e. The SMILES string of the molecule is Cc1cc(F)ccc1-n1cc(O)c(C(=O)NCc2nc(C)c(C)o2)n1. The highest BCUT2D eigenvalue weighted by Gasteiger charge is 2.18. The molecule has 0 saturated carbocycles. The summed E-state index contributed by atoms with van der Waals surface area (Å²) in [7, 11) is 0. The van der Waals surface area contributed by atoms with E-state index < -0.39 is 5.91 Å². The minimum absolute atomic E-state index is 0.0788. The maximum absolute atomic E-state index is 13.2. The lowest BCUT2D eigenvalue weighted by Gasteiger charge is -2.05. The number of hydrogen-bond donors (Lipinski definition) is 2. The first-order chi connectivity index (χ1) is 11.8. The molecule has 3 aromatic rings. The van der Waals surface area contributed by atoms with Crippen LogP contribution in [-0.2, 0) is 6.54 Å². The van der Waals surface area contributed by atoms with Gasteiger partial charge in [0.1, 0.15) is 11.6 Å². The summed E-state index contributed by atoms with van der Waals surface area (Å²) < 4.78 is 19.9. The molecule has 2 aromatic heterocycles. The molecule has 0 aliphatic carbocycles. The van der Waals surface area contributed by atoms with Gasteiger partial charge >= 0.3 is 0 Å². The van der Waals surface area contributed by atoms with Crippen molar-refractivity contribution in [2.45, 2.75) is 27.3 Å². The van der Waals surface area contributed by atoms with Crippen molar-refractivity contribution in [2.75, 3.05) is 0 Å². The molecule has 0 bridgehead atoms. The van der Waals surface area contributed by atoms with Gasteiger partial charge in [-0.15, -0.1) is 0 Å². The highest BCUT2D eigenvalue weighted by atomic mass is 19.1. The van der Waals surface area contributed by atoms with E-state index in [1.807, 2.05) is 6.92 Å². The number of halogens is 1. The Kier molecular flexibility index (Phi) is 4.26. The first-order valence-corrected chi connectivity index (χ1v) is 7.61. The first kappa shape index (κ1) is 16.7. The lowest BCUT2D eigenvalue weighted by atomic mass is 10.2. The number of carbonyl (C=O) groups excluding carboxylic acids is 1. The summed E-state index contributed by atoms with van der Waals surface area (Å²) in [6.07, 6.45) is 1.30. The number of rotatable bonds is 4. The Labute approximate surface area is 143 Å². The maximum atomic E-state index is 13.2. The highest BCUT2D eigenvalue weighted by molar-refractivity contribution is 5.94. The average Bonchev–Trinajstić information content (AvgIpc) is 3.08. The Morgan fingerprint density at radius 1 is 1.36 bits per heavy atom. The van der Waals surface area contributed by atoms with Crippen LogP contribution in [0.15, 0.2) is 28.8 Å². The Balaban J connectivity index is 1.78. The molecule has 0 atom stereocenters. The van der Waals surface area contributed by atoms with Crippen LogP contribution in [0.3, 0.4) is 0 Å². The van der Waals surface area contributed by atoms with Crippen LogP contribution in [0.4, 0.5) is 4.39 Å².